The van der Waals surface area contributed by atoms with Gasteiger partial charge in [-0.1, -0.05) is 72.0 Å². The van der Waals surface area contributed by atoms with Crippen LogP contribution in [0.25, 0.3) is 17.0 Å². The van der Waals surface area contributed by atoms with Crippen molar-refractivity contribution in [2.75, 3.05) is 18.0 Å². The molecule has 8 heteroatoms. The molecule has 0 atom stereocenters. The van der Waals surface area contributed by atoms with Crippen LogP contribution in [-0.4, -0.2) is 32.8 Å². The molecule has 0 bridgehead atoms. The van der Waals surface area contributed by atoms with E-state index in [-0.39, 0.29) is 11.5 Å². The van der Waals surface area contributed by atoms with E-state index in [0.29, 0.717) is 32.9 Å². The molecule has 2 saturated heterocycles. The Morgan fingerprint density at radius 3 is 2.49 bits per heavy atom. The Balaban J connectivity index is 1.62. The number of fused-ring (bicyclic) bond motifs is 1. The summed E-state index contributed by atoms with van der Waals surface area (Å²) >= 11 is 13.1. The Morgan fingerprint density at radius 2 is 1.74 bits per heavy atom. The summed E-state index contributed by atoms with van der Waals surface area (Å²) in [6.45, 7) is 4.62. The lowest BCUT2D eigenvalue weighted by atomic mass is 10.0. The van der Waals surface area contributed by atoms with E-state index in [1.165, 1.54) is 18.2 Å². The minimum absolute atomic E-state index is 0.0804. The molecular weight excluding hydrogens is 498 g/mol. The first kappa shape index (κ1) is 24.1. The lowest BCUT2D eigenvalue weighted by Crippen LogP contribution is -2.33. The largest absolute Gasteiger partial charge is 0.370 e. The molecule has 3 heterocycles. The Morgan fingerprint density at radius 1 is 1.03 bits per heavy atom. The van der Waals surface area contributed by atoms with Crippen molar-refractivity contribution in [3.8, 4) is 0 Å². The lowest BCUT2D eigenvalue weighted by Gasteiger charge is -2.31. The number of nitrogens with zero attached hydrogens (tertiary/aromatic N) is 3. The molecule has 0 saturated carbocycles. The molecule has 3 aromatic rings. The number of anilines is 1. The van der Waals surface area contributed by atoms with Crippen molar-refractivity contribution in [3.63, 3.8) is 0 Å². The van der Waals surface area contributed by atoms with E-state index < -0.39 is 0 Å². The third-order valence-corrected chi connectivity index (χ3v) is 8.35. The fraction of sp³-hybridized carbons (Fsp3) is 0.296. The summed E-state index contributed by atoms with van der Waals surface area (Å²) in [5, 5.41) is 1.63. The summed E-state index contributed by atoms with van der Waals surface area (Å²) in [6, 6.07) is 15.5. The molecule has 35 heavy (non-hydrogen) atoms. The first-order chi connectivity index (χ1) is 17.0. The van der Waals surface area contributed by atoms with E-state index in [0.717, 1.165) is 48.1 Å². The van der Waals surface area contributed by atoms with Gasteiger partial charge in [-0.25, -0.2) is 0 Å². The normalized spacial score (nSPS) is 17.7. The maximum atomic E-state index is 13.8. The number of piperidine rings is 1. The van der Waals surface area contributed by atoms with Crippen LogP contribution in [0.1, 0.15) is 37.3 Å². The van der Waals surface area contributed by atoms with Gasteiger partial charge in [0, 0.05) is 30.0 Å². The Kier molecular flexibility index (Phi) is 7.00. The molecule has 2 aromatic carbocycles. The monoisotopic (exact) mass is 523 g/mol. The van der Waals surface area contributed by atoms with Gasteiger partial charge in [-0.05, 0) is 50.0 Å². The molecule has 2 fully saturated rings. The van der Waals surface area contributed by atoms with Crippen LogP contribution >= 0.6 is 35.6 Å². The van der Waals surface area contributed by atoms with Crippen LogP contribution in [-0.2, 0) is 17.9 Å². The van der Waals surface area contributed by atoms with Gasteiger partial charge in [-0.3, -0.25) is 14.5 Å². The van der Waals surface area contributed by atoms with Crippen LogP contribution in [0, 0.1) is 0 Å². The molecular formula is C27H26ClN3O2S2. The summed E-state index contributed by atoms with van der Waals surface area (Å²) in [4.78, 5) is 31.6. The zero-order valence-corrected chi connectivity index (χ0v) is 21.9. The van der Waals surface area contributed by atoms with Crippen molar-refractivity contribution >= 4 is 68.5 Å². The van der Waals surface area contributed by atoms with Gasteiger partial charge in [0.25, 0.3) is 11.5 Å². The highest BCUT2D eigenvalue weighted by molar-refractivity contribution is 8.26. The van der Waals surface area contributed by atoms with Gasteiger partial charge < -0.3 is 9.47 Å². The minimum Gasteiger partial charge on any atom is -0.370 e. The number of pyridine rings is 1. The Bertz CT molecular complexity index is 1410. The minimum atomic E-state index is -0.194. The maximum absolute atomic E-state index is 13.8. The van der Waals surface area contributed by atoms with Crippen LogP contribution in [0.2, 0.25) is 5.02 Å². The van der Waals surface area contributed by atoms with Crippen molar-refractivity contribution in [2.24, 2.45) is 0 Å². The second kappa shape index (κ2) is 10.2. The Hall–Kier alpha value is -2.61. The molecule has 0 spiro atoms. The summed E-state index contributed by atoms with van der Waals surface area (Å²) in [5.74, 6) is -0.194. The van der Waals surface area contributed by atoms with E-state index in [1.807, 2.05) is 43.3 Å². The van der Waals surface area contributed by atoms with Crippen LogP contribution in [0.5, 0.6) is 0 Å². The topological polar surface area (TPSA) is 45.6 Å². The quantitative estimate of drug-likeness (QED) is 0.300. The molecule has 1 aromatic heterocycles. The highest BCUT2D eigenvalue weighted by atomic mass is 35.5. The Labute approximate surface area is 219 Å². The average Bonchev–Trinajstić information content (AvgIpc) is 3.14. The molecule has 0 radical (unpaired) electrons. The third kappa shape index (κ3) is 4.53. The first-order valence-corrected chi connectivity index (χ1v) is 13.5. The molecule has 5 nitrogen and oxygen atoms in total. The van der Waals surface area contributed by atoms with E-state index in [2.05, 4.69) is 11.0 Å². The second-order valence-corrected chi connectivity index (χ2v) is 10.8. The molecule has 2 aliphatic rings. The summed E-state index contributed by atoms with van der Waals surface area (Å²) in [5.41, 5.74) is 3.16. The van der Waals surface area contributed by atoms with E-state index in [4.69, 9.17) is 23.8 Å². The molecule has 180 valence electrons. The number of carbonyl (C=O) groups excluding carboxylic acids is 1. The van der Waals surface area contributed by atoms with E-state index >= 15 is 0 Å². The van der Waals surface area contributed by atoms with Crippen LogP contribution in [0.15, 0.2) is 58.2 Å². The van der Waals surface area contributed by atoms with Crippen molar-refractivity contribution in [3.05, 3.63) is 79.9 Å². The first-order valence-electron chi connectivity index (χ1n) is 11.9. The van der Waals surface area contributed by atoms with Gasteiger partial charge in [-0.2, -0.15) is 0 Å². The fourth-order valence-electron chi connectivity index (χ4n) is 4.88. The number of thiocarbonyl (C=S) groups is 1. The fourth-order valence-corrected chi connectivity index (χ4v) is 6.31. The number of hydrogen-bond donors (Lipinski definition) is 0. The summed E-state index contributed by atoms with van der Waals surface area (Å²) < 4.78 is 2.26. The van der Waals surface area contributed by atoms with Gasteiger partial charge in [0.2, 0.25) is 0 Å². The highest BCUT2D eigenvalue weighted by Gasteiger charge is 2.33. The molecule has 0 unspecified atom stereocenters. The van der Waals surface area contributed by atoms with Crippen LogP contribution in [0.4, 0.5) is 5.69 Å². The maximum Gasteiger partial charge on any atom is 0.266 e. The van der Waals surface area contributed by atoms with E-state index in [9.17, 15) is 9.59 Å². The van der Waals surface area contributed by atoms with Crippen molar-refractivity contribution in [1.82, 2.24) is 9.47 Å². The smallest absolute Gasteiger partial charge is 0.266 e. The second-order valence-electron chi connectivity index (χ2n) is 8.74. The molecule has 0 aliphatic carbocycles. The number of carbonyl (C=O) groups is 1. The van der Waals surface area contributed by atoms with Crippen molar-refractivity contribution < 1.29 is 4.79 Å². The molecule has 2 aliphatic heterocycles. The number of para-hydroxylation sites is 1. The van der Waals surface area contributed by atoms with Crippen molar-refractivity contribution in [1.29, 1.82) is 0 Å². The SMILES string of the molecule is CCn1c(=O)c(C=C2SC(=S)N(Cc3ccccc3Cl)C2=O)c(N2CCCCC2)c2ccccc21. The lowest BCUT2D eigenvalue weighted by molar-refractivity contribution is -0.122. The predicted molar refractivity (Wildman–Crippen MR) is 150 cm³/mol. The average molecular weight is 524 g/mol. The third-order valence-electron chi connectivity index (χ3n) is 6.60. The van der Waals surface area contributed by atoms with Gasteiger partial charge in [0.1, 0.15) is 4.32 Å². The zero-order valence-electron chi connectivity index (χ0n) is 19.5. The molecule has 1 amide bonds. The van der Waals surface area contributed by atoms with Crippen LogP contribution in [0.3, 0.4) is 0 Å². The number of benzene rings is 2. The highest BCUT2D eigenvalue weighted by Crippen LogP contribution is 2.37. The van der Waals surface area contributed by atoms with Gasteiger partial charge in [0.15, 0.2) is 0 Å². The summed E-state index contributed by atoms with van der Waals surface area (Å²) in [7, 11) is 0. The van der Waals surface area contributed by atoms with Gasteiger partial charge in [0.05, 0.1) is 28.2 Å². The number of rotatable bonds is 5. The van der Waals surface area contributed by atoms with E-state index in [1.54, 1.807) is 21.6 Å². The number of halogens is 1. The standard InChI is InChI=1S/C27H26ClN3O2S2/c1-2-30-22-13-7-5-11-19(22)24(29-14-8-3-9-15-29)20(25(30)32)16-23-26(33)31(27(34)35-23)17-18-10-4-6-12-21(18)28/h4-7,10-13,16H,2-3,8-9,14-15,17H2,1H3. The zero-order chi connectivity index (χ0) is 24.5. The number of amides is 1. The van der Waals surface area contributed by atoms with Gasteiger partial charge in [-0.15, -0.1) is 0 Å². The number of aryl methyl sites for hydroxylation is 1. The number of hydrogen-bond acceptors (Lipinski definition) is 5. The number of thioether (sulfide) groups is 1. The number of aromatic nitrogens is 1. The molecule has 0 N–H and O–H groups in total. The summed E-state index contributed by atoms with van der Waals surface area (Å²) in [6.07, 6.45) is 5.13. The van der Waals surface area contributed by atoms with Gasteiger partial charge >= 0.3 is 0 Å². The van der Waals surface area contributed by atoms with Crippen LogP contribution < -0.4 is 10.5 Å². The predicted octanol–water partition coefficient (Wildman–Crippen LogP) is 6.07. The molecule has 5 rings (SSSR count). The van der Waals surface area contributed by atoms with Crippen molar-refractivity contribution in [2.45, 2.75) is 39.3 Å².